The molecule has 0 saturated carbocycles. The van der Waals surface area contributed by atoms with Crippen LogP contribution in [0.1, 0.15) is 5.69 Å². The minimum absolute atomic E-state index is 0.191. The maximum absolute atomic E-state index is 11.5. The second-order valence-corrected chi connectivity index (χ2v) is 3.63. The molecule has 6 nitrogen and oxygen atoms in total. The van der Waals surface area contributed by atoms with E-state index in [4.69, 9.17) is 5.73 Å². The van der Waals surface area contributed by atoms with Crippen LogP contribution in [0.3, 0.4) is 0 Å². The van der Waals surface area contributed by atoms with E-state index >= 15 is 0 Å². The number of H-pyrrole nitrogens is 1. The van der Waals surface area contributed by atoms with Gasteiger partial charge in [0.2, 0.25) is 5.95 Å². The summed E-state index contributed by atoms with van der Waals surface area (Å²) < 4.78 is 1.22. The van der Waals surface area contributed by atoms with Crippen molar-refractivity contribution in [3.05, 3.63) is 22.1 Å². The number of hydrogen-bond donors (Lipinski definition) is 2. The lowest BCUT2D eigenvalue weighted by molar-refractivity contribution is 0.891. The van der Waals surface area contributed by atoms with Crippen LogP contribution in [0.15, 0.2) is 10.9 Å². The largest absolute Gasteiger partial charge is 0.368 e. The third-order valence-electron chi connectivity index (χ3n) is 1.69. The predicted molar refractivity (Wildman–Crippen MR) is 55.2 cm³/mol. The second kappa shape index (κ2) is 3.33. The summed E-state index contributed by atoms with van der Waals surface area (Å²) in [6.07, 6.45) is 1.95. The van der Waals surface area contributed by atoms with Crippen molar-refractivity contribution >= 4 is 23.5 Å². The van der Waals surface area contributed by atoms with E-state index in [1.807, 2.05) is 6.26 Å². The zero-order chi connectivity index (χ0) is 10.1. The Labute approximate surface area is 83.5 Å². The maximum Gasteiger partial charge on any atom is 0.274 e. The Morgan fingerprint density at radius 2 is 2.43 bits per heavy atom. The van der Waals surface area contributed by atoms with Gasteiger partial charge in [0.15, 0.2) is 0 Å². The highest BCUT2D eigenvalue weighted by Crippen LogP contribution is 2.05. The summed E-state index contributed by atoms with van der Waals surface area (Å²) in [5.74, 6) is 1.20. The van der Waals surface area contributed by atoms with Crippen LogP contribution >= 0.6 is 11.8 Å². The van der Waals surface area contributed by atoms with Crippen molar-refractivity contribution in [2.45, 2.75) is 5.75 Å². The number of nitrogens with one attached hydrogen (secondary N) is 1. The van der Waals surface area contributed by atoms with Crippen LogP contribution in [-0.2, 0) is 5.75 Å². The van der Waals surface area contributed by atoms with Crippen LogP contribution in [0.5, 0.6) is 0 Å². The Morgan fingerprint density at radius 3 is 3.14 bits per heavy atom. The number of thioether (sulfide) groups is 1. The van der Waals surface area contributed by atoms with Gasteiger partial charge < -0.3 is 5.73 Å². The smallest absolute Gasteiger partial charge is 0.274 e. The summed E-state index contributed by atoms with van der Waals surface area (Å²) >= 11 is 1.60. The van der Waals surface area contributed by atoms with Gasteiger partial charge in [0.05, 0.1) is 5.69 Å². The number of anilines is 1. The van der Waals surface area contributed by atoms with Gasteiger partial charge in [0.1, 0.15) is 0 Å². The Kier molecular flexibility index (Phi) is 2.16. The minimum atomic E-state index is -0.191. The summed E-state index contributed by atoms with van der Waals surface area (Å²) in [6, 6.07) is 1.47. The van der Waals surface area contributed by atoms with Gasteiger partial charge >= 0.3 is 0 Å². The first-order valence-corrected chi connectivity index (χ1v) is 5.33. The molecule has 0 amide bonds. The van der Waals surface area contributed by atoms with E-state index in [0.29, 0.717) is 17.2 Å². The number of aromatic nitrogens is 4. The predicted octanol–water partition coefficient (Wildman–Crippen LogP) is -0.137. The van der Waals surface area contributed by atoms with Crippen molar-refractivity contribution in [3.63, 3.8) is 0 Å². The van der Waals surface area contributed by atoms with Crippen LogP contribution in [-0.4, -0.2) is 25.8 Å². The van der Waals surface area contributed by atoms with E-state index in [0.717, 1.165) is 0 Å². The molecule has 2 aromatic heterocycles. The fourth-order valence-corrected chi connectivity index (χ4v) is 1.61. The number of nitrogens with two attached hydrogens (primary N) is 1. The van der Waals surface area contributed by atoms with E-state index in [1.165, 1.54) is 10.6 Å². The zero-order valence-electron chi connectivity index (χ0n) is 7.52. The Bertz CT molecular complexity index is 516. The van der Waals surface area contributed by atoms with E-state index in [1.54, 1.807) is 11.8 Å². The molecule has 0 atom stereocenters. The standard InChI is InChI=1S/C7H9N5OS/c1-14-3-4-2-5(13)12-7(9-4)10-6(8)11-12/h2H,3H2,1H3,(H3,8,9,10,11). The molecule has 3 N–H and O–H groups in total. The van der Waals surface area contributed by atoms with Gasteiger partial charge in [-0.2, -0.15) is 21.3 Å². The number of rotatable bonds is 2. The highest BCUT2D eigenvalue weighted by Gasteiger charge is 2.05. The van der Waals surface area contributed by atoms with E-state index in [9.17, 15) is 4.79 Å². The molecule has 74 valence electrons. The van der Waals surface area contributed by atoms with Gasteiger partial charge in [-0.05, 0) is 6.26 Å². The first-order valence-electron chi connectivity index (χ1n) is 3.94. The van der Waals surface area contributed by atoms with Crippen LogP contribution < -0.4 is 11.3 Å². The summed E-state index contributed by atoms with van der Waals surface area (Å²) in [4.78, 5) is 19.5. The molecule has 7 heteroatoms. The van der Waals surface area contributed by atoms with Gasteiger partial charge in [-0.1, -0.05) is 0 Å². The Hall–Kier alpha value is -1.50. The third kappa shape index (κ3) is 1.46. The first-order chi connectivity index (χ1) is 6.70. The van der Waals surface area contributed by atoms with E-state index in [2.05, 4.69) is 15.1 Å². The molecule has 0 fully saturated rings. The molecule has 0 bridgehead atoms. The summed E-state index contributed by atoms with van der Waals surface area (Å²) in [6.45, 7) is 0. The number of fused-ring (bicyclic) bond motifs is 1. The highest BCUT2D eigenvalue weighted by molar-refractivity contribution is 7.97. The molecule has 0 saturated heterocycles. The fraction of sp³-hybridized carbons (Fsp3) is 0.286. The molecule has 2 rings (SSSR count). The van der Waals surface area contributed by atoms with Crippen molar-refractivity contribution < 1.29 is 0 Å². The molecule has 0 aliphatic carbocycles. The normalized spacial score (nSPS) is 10.9. The minimum Gasteiger partial charge on any atom is -0.368 e. The van der Waals surface area contributed by atoms with Crippen molar-refractivity contribution in [1.82, 2.24) is 19.6 Å². The summed E-state index contributed by atoms with van der Waals surface area (Å²) in [5.41, 5.74) is 5.94. The molecular weight excluding hydrogens is 202 g/mol. The van der Waals surface area contributed by atoms with Crippen molar-refractivity contribution in [3.8, 4) is 0 Å². The first kappa shape index (κ1) is 9.07. The van der Waals surface area contributed by atoms with Crippen LogP contribution in [0.4, 0.5) is 5.95 Å². The lowest BCUT2D eigenvalue weighted by atomic mass is 10.4. The van der Waals surface area contributed by atoms with E-state index in [-0.39, 0.29) is 11.5 Å². The molecule has 0 radical (unpaired) electrons. The lowest BCUT2D eigenvalue weighted by Gasteiger charge is -1.95. The third-order valence-corrected chi connectivity index (χ3v) is 2.28. The number of hydrogen-bond acceptors (Lipinski definition) is 5. The number of aromatic amines is 1. The maximum atomic E-state index is 11.5. The number of nitrogens with zero attached hydrogens (tertiary/aromatic N) is 3. The van der Waals surface area contributed by atoms with Gasteiger partial charge in [0.25, 0.3) is 11.3 Å². The fourth-order valence-electron chi connectivity index (χ4n) is 1.17. The molecule has 0 aliphatic heterocycles. The van der Waals surface area contributed by atoms with Gasteiger partial charge in [-0.25, -0.2) is 4.98 Å². The molecule has 14 heavy (non-hydrogen) atoms. The number of nitrogen functional groups attached to an aromatic ring is 1. The van der Waals surface area contributed by atoms with Crippen molar-refractivity contribution in [2.75, 3.05) is 12.0 Å². The highest BCUT2D eigenvalue weighted by atomic mass is 32.2. The Balaban J connectivity index is 2.65. The summed E-state index contributed by atoms with van der Waals surface area (Å²) in [5, 5.41) is 2.60. The van der Waals surface area contributed by atoms with Crippen LogP contribution in [0.2, 0.25) is 0 Å². The summed E-state index contributed by atoms with van der Waals surface area (Å²) in [7, 11) is 0. The van der Waals surface area contributed by atoms with Crippen molar-refractivity contribution in [2.24, 2.45) is 0 Å². The topological polar surface area (TPSA) is 89.1 Å². The average Bonchev–Trinajstić information content (AvgIpc) is 2.47. The second-order valence-electron chi connectivity index (χ2n) is 2.76. The zero-order valence-corrected chi connectivity index (χ0v) is 8.34. The molecule has 0 aliphatic rings. The molecule has 0 spiro atoms. The molecule has 0 aromatic carbocycles. The molecule has 2 heterocycles. The van der Waals surface area contributed by atoms with Crippen molar-refractivity contribution in [1.29, 1.82) is 0 Å². The van der Waals surface area contributed by atoms with Crippen LogP contribution in [0.25, 0.3) is 5.78 Å². The molecule has 0 unspecified atom stereocenters. The quantitative estimate of drug-likeness (QED) is 0.721. The Morgan fingerprint density at radius 1 is 1.64 bits per heavy atom. The monoisotopic (exact) mass is 211 g/mol. The van der Waals surface area contributed by atoms with Gasteiger partial charge in [-0.15, -0.1) is 0 Å². The SMILES string of the molecule is CSCc1cc(=O)n2[nH]c(N)nc2n1. The van der Waals surface area contributed by atoms with E-state index < -0.39 is 0 Å². The molecular formula is C7H9N5OS. The lowest BCUT2D eigenvalue weighted by Crippen LogP contribution is -2.15. The average molecular weight is 211 g/mol. The van der Waals surface area contributed by atoms with Crippen LogP contribution in [0, 0.1) is 0 Å². The van der Waals surface area contributed by atoms with Gasteiger partial charge in [0, 0.05) is 11.8 Å². The van der Waals surface area contributed by atoms with Gasteiger partial charge in [-0.3, -0.25) is 9.89 Å². The molecule has 2 aromatic rings.